The summed E-state index contributed by atoms with van der Waals surface area (Å²) in [5, 5.41) is 1.22. The van der Waals surface area contributed by atoms with E-state index in [1.54, 1.807) is 28.6 Å². The van der Waals surface area contributed by atoms with Crippen LogP contribution in [0.1, 0.15) is 17.2 Å². The van der Waals surface area contributed by atoms with Gasteiger partial charge in [0.15, 0.2) is 0 Å². The summed E-state index contributed by atoms with van der Waals surface area (Å²) >= 11 is 12.0. The molecule has 3 aromatic carbocycles. The molecule has 3 aromatic rings. The zero-order chi connectivity index (χ0) is 21.1. The minimum atomic E-state index is -3.53. The van der Waals surface area contributed by atoms with Crippen molar-refractivity contribution < 1.29 is 8.42 Å². The van der Waals surface area contributed by atoms with Gasteiger partial charge in [0.1, 0.15) is 0 Å². The average Bonchev–Trinajstić information content (AvgIpc) is 2.77. The molecule has 7 heteroatoms. The predicted octanol–water partition coefficient (Wildman–Crippen LogP) is 5.09. The first-order valence-corrected chi connectivity index (χ1v) is 11.9. The molecule has 30 heavy (non-hydrogen) atoms. The Bertz CT molecular complexity index is 1080. The molecule has 1 saturated heterocycles. The Kier molecular flexibility index (Phi) is 6.46. The van der Waals surface area contributed by atoms with Crippen molar-refractivity contribution in [1.29, 1.82) is 0 Å². The van der Waals surface area contributed by atoms with Gasteiger partial charge in [0.25, 0.3) is 0 Å². The van der Waals surface area contributed by atoms with Crippen LogP contribution in [0.25, 0.3) is 0 Å². The molecule has 0 aliphatic carbocycles. The van der Waals surface area contributed by atoms with Gasteiger partial charge < -0.3 is 0 Å². The van der Waals surface area contributed by atoms with Gasteiger partial charge in [0.05, 0.1) is 10.9 Å². The Morgan fingerprint density at radius 2 is 1.17 bits per heavy atom. The molecule has 0 bridgehead atoms. The molecule has 1 fully saturated rings. The molecule has 0 unspecified atom stereocenters. The predicted molar refractivity (Wildman–Crippen MR) is 122 cm³/mol. The standard InChI is InChI=1S/C23H22Cl2N2O2S/c24-20-8-6-19(7-9-20)23(18-4-2-1-3-5-18)26-14-16-27(17-15-26)30(28,29)22-12-10-21(25)11-13-22/h1-13,23H,14-17H2/t23-/m1/s1. The fourth-order valence-corrected chi connectivity index (χ4v) is 5.53. The zero-order valence-electron chi connectivity index (χ0n) is 16.3. The number of halogens is 2. The van der Waals surface area contributed by atoms with Crippen molar-refractivity contribution in [1.82, 2.24) is 9.21 Å². The van der Waals surface area contributed by atoms with Gasteiger partial charge in [-0.2, -0.15) is 4.31 Å². The molecule has 0 radical (unpaired) electrons. The minimum absolute atomic E-state index is 0.0452. The van der Waals surface area contributed by atoms with Crippen LogP contribution in [0.4, 0.5) is 0 Å². The first kappa shape index (κ1) is 21.3. The number of benzene rings is 3. The van der Waals surface area contributed by atoms with Gasteiger partial charge >= 0.3 is 0 Å². The van der Waals surface area contributed by atoms with E-state index in [2.05, 4.69) is 17.0 Å². The summed E-state index contributed by atoms with van der Waals surface area (Å²) in [5.74, 6) is 0. The summed E-state index contributed by atoms with van der Waals surface area (Å²) < 4.78 is 27.6. The van der Waals surface area contributed by atoms with Gasteiger partial charge in [0, 0.05) is 36.2 Å². The summed E-state index contributed by atoms with van der Waals surface area (Å²) in [6.07, 6.45) is 0. The third-order valence-electron chi connectivity index (χ3n) is 5.39. The second-order valence-corrected chi connectivity index (χ2v) is 10.1. The van der Waals surface area contributed by atoms with E-state index >= 15 is 0 Å². The quantitative estimate of drug-likeness (QED) is 0.532. The summed E-state index contributed by atoms with van der Waals surface area (Å²) in [6, 6.07) is 24.5. The zero-order valence-corrected chi connectivity index (χ0v) is 18.6. The van der Waals surface area contributed by atoms with Gasteiger partial charge in [-0.15, -0.1) is 0 Å². The first-order valence-electron chi connectivity index (χ1n) is 9.75. The van der Waals surface area contributed by atoms with E-state index in [1.165, 1.54) is 5.56 Å². The second kappa shape index (κ2) is 9.08. The maximum atomic E-state index is 13.0. The lowest BCUT2D eigenvalue weighted by atomic mass is 9.96. The van der Waals surface area contributed by atoms with Crippen LogP contribution in [-0.2, 0) is 10.0 Å². The maximum absolute atomic E-state index is 13.0. The molecular weight excluding hydrogens is 439 g/mol. The molecule has 156 valence electrons. The van der Waals surface area contributed by atoms with Crippen molar-refractivity contribution in [2.24, 2.45) is 0 Å². The average molecular weight is 461 g/mol. The second-order valence-electron chi connectivity index (χ2n) is 7.26. The van der Waals surface area contributed by atoms with E-state index in [9.17, 15) is 8.42 Å². The van der Waals surface area contributed by atoms with Crippen molar-refractivity contribution in [2.45, 2.75) is 10.9 Å². The maximum Gasteiger partial charge on any atom is 0.243 e. The van der Waals surface area contributed by atoms with Crippen molar-refractivity contribution >= 4 is 33.2 Å². The number of hydrogen-bond donors (Lipinski definition) is 0. The van der Waals surface area contributed by atoms with Crippen LogP contribution in [0.3, 0.4) is 0 Å². The lowest BCUT2D eigenvalue weighted by molar-refractivity contribution is 0.156. The summed E-state index contributed by atoms with van der Waals surface area (Å²) in [7, 11) is -3.53. The summed E-state index contributed by atoms with van der Waals surface area (Å²) in [6.45, 7) is 2.13. The van der Waals surface area contributed by atoms with E-state index in [4.69, 9.17) is 23.2 Å². The van der Waals surface area contributed by atoms with E-state index < -0.39 is 10.0 Å². The Morgan fingerprint density at radius 3 is 1.73 bits per heavy atom. The summed E-state index contributed by atoms with van der Waals surface area (Å²) in [4.78, 5) is 2.60. The summed E-state index contributed by atoms with van der Waals surface area (Å²) in [5.41, 5.74) is 2.31. The molecule has 0 amide bonds. The van der Waals surface area contributed by atoms with Crippen molar-refractivity contribution in [3.63, 3.8) is 0 Å². The van der Waals surface area contributed by atoms with E-state index in [-0.39, 0.29) is 10.9 Å². The van der Waals surface area contributed by atoms with Crippen molar-refractivity contribution in [3.8, 4) is 0 Å². The highest BCUT2D eigenvalue weighted by atomic mass is 35.5. The smallest absolute Gasteiger partial charge is 0.243 e. The van der Waals surface area contributed by atoms with Crippen LogP contribution >= 0.6 is 23.2 Å². The topological polar surface area (TPSA) is 40.6 Å². The number of sulfonamides is 1. The van der Waals surface area contributed by atoms with E-state index in [1.807, 2.05) is 42.5 Å². The SMILES string of the molecule is O=S(=O)(c1ccc(Cl)cc1)N1CCN([C@H](c2ccccc2)c2ccc(Cl)cc2)CC1. The number of hydrogen-bond acceptors (Lipinski definition) is 3. The van der Waals surface area contributed by atoms with E-state index in [0.717, 1.165) is 5.56 Å². The van der Waals surface area contributed by atoms with Gasteiger partial charge in [0.2, 0.25) is 10.0 Å². The largest absolute Gasteiger partial charge is 0.290 e. The van der Waals surface area contributed by atoms with Gasteiger partial charge in [-0.1, -0.05) is 65.7 Å². The van der Waals surface area contributed by atoms with Crippen LogP contribution in [0, 0.1) is 0 Å². The van der Waals surface area contributed by atoms with Gasteiger partial charge in [-0.05, 0) is 47.5 Å². The van der Waals surface area contributed by atoms with Crippen LogP contribution in [0.15, 0.2) is 83.8 Å². The molecule has 0 spiro atoms. The highest BCUT2D eigenvalue weighted by molar-refractivity contribution is 7.89. The normalized spacial score (nSPS) is 17.0. The fraction of sp³-hybridized carbons (Fsp3) is 0.217. The Morgan fingerprint density at radius 1 is 0.667 bits per heavy atom. The third-order valence-corrected chi connectivity index (χ3v) is 7.81. The molecule has 1 atom stereocenters. The van der Waals surface area contributed by atoms with Crippen LogP contribution in [0.2, 0.25) is 10.0 Å². The molecule has 4 rings (SSSR count). The molecule has 0 saturated carbocycles. The molecule has 1 aliphatic rings. The number of rotatable bonds is 5. The van der Waals surface area contributed by atoms with E-state index in [0.29, 0.717) is 36.2 Å². The minimum Gasteiger partial charge on any atom is -0.290 e. The molecule has 1 aliphatic heterocycles. The number of nitrogens with zero attached hydrogens (tertiary/aromatic N) is 2. The molecule has 1 heterocycles. The third kappa shape index (κ3) is 4.56. The van der Waals surface area contributed by atoms with Crippen LogP contribution < -0.4 is 0 Å². The fourth-order valence-electron chi connectivity index (χ4n) is 3.85. The molecule has 4 nitrogen and oxygen atoms in total. The van der Waals surface area contributed by atoms with Gasteiger partial charge in [-0.3, -0.25) is 4.90 Å². The molecule has 0 aromatic heterocycles. The monoisotopic (exact) mass is 460 g/mol. The lowest BCUT2D eigenvalue weighted by Crippen LogP contribution is -2.49. The molecule has 0 N–H and O–H groups in total. The molecular formula is C23H22Cl2N2O2S. The first-order chi connectivity index (χ1) is 14.4. The highest BCUT2D eigenvalue weighted by Gasteiger charge is 2.32. The Labute approximate surface area is 187 Å². The Hall–Kier alpha value is -1.89. The lowest BCUT2D eigenvalue weighted by Gasteiger charge is -2.39. The van der Waals surface area contributed by atoms with Crippen LogP contribution in [-0.4, -0.2) is 43.8 Å². The Balaban J connectivity index is 1.56. The highest BCUT2D eigenvalue weighted by Crippen LogP contribution is 2.31. The van der Waals surface area contributed by atoms with Gasteiger partial charge in [-0.25, -0.2) is 8.42 Å². The van der Waals surface area contributed by atoms with Crippen LogP contribution in [0.5, 0.6) is 0 Å². The van der Waals surface area contributed by atoms with Crippen molar-refractivity contribution in [3.05, 3.63) is 100 Å². The van der Waals surface area contributed by atoms with Crippen molar-refractivity contribution in [2.75, 3.05) is 26.2 Å². The number of piperazine rings is 1.